The summed E-state index contributed by atoms with van der Waals surface area (Å²) < 4.78 is 1.69. The average molecular weight is 386 g/mol. The molecular formula is C19H22N4O3S. The fourth-order valence-electron chi connectivity index (χ4n) is 3.47. The van der Waals surface area contributed by atoms with Crippen LogP contribution in [0.3, 0.4) is 0 Å². The van der Waals surface area contributed by atoms with Crippen LogP contribution in [0, 0.1) is 0 Å². The van der Waals surface area contributed by atoms with Gasteiger partial charge < -0.3 is 5.32 Å². The number of amides is 3. The van der Waals surface area contributed by atoms with Crippen LogP contribution in [0.1, 0.15) is 44.6 Å². The third-order valence-electron chi connectivity index (χ3n) is 4.96. The number of hydrogen-bond acceptors (Lipinski definition) is 5. The van der Waals surface area contributed by atoms with Gasteiger partial charge in [-0.1, -0.05) is 36.7 Å². The zero-order chi connectivity index (χ0) is 18.8. The number of imide groups is 1. The first-order valence-electron chi connectivity index (χ1n) is 9.36. The van der Waals surface area contributed by atoms with E-state index in [1.807, 2.05) is 12.1 Å². The first kappa shape index (κ1) is 18.0. The predicted molar refractivity (Wildman–Crippen MR) is 104 cm³/mol. The second-order valence-corrected chi connectivity index (χ2v) is 8.05. The summed E-state index contributed by atoms with van der Waals surface area (Å²) in [7, 11) is 0. The number of nitrogens with zero attached hydrogens (tertiary/aromatic N) is 2. The van der Waals surface area contributed by atoms with Crippen molar-refractivity contribution in [2.24, 2.45) is 0 Å². The Labute approximate surface area is 160 Å². The molecule has 2 aliphatic rings. The van der Waals surface area contributed by atoms with Gasteiger partial charge in [0.2, 0.25) is 5.91 Å². The van der Waals surface area contributed by atoms with Crippen LogP contribution in [0.25, 0.3) is 10.9 Å². The minimum Gasteiger partial charge on any atom is -0.335 e. The zero-order valence-corrected chi connectivity index (χ0v) is 15.8. The van der Waals surface area contributed by atoms with Gasteiger partial charge in [0.1, 0.15) is 0 Å². The highest BCUT2D eigenvalue weighted by Crippen LogP contribution is 2.36. The number of benzene rings is 1. The topological polar surface area (TPSA) is 93.1 Å². The van der Waals surface area contributed by atoms with Gasteiger partial charge in [0.15, 0.2) is 5.16 Å². The van der Waals surface area contributed by atoms with Crippen molar-refractivity contribution in [2.75, 3.05) is 5.75 Å². The van der Waals surface area contributed by atoms with E-state index in [0.29, 0.717) is 16.1 Å². The van der Waals surface area contributed by atoms with Gasteiger partial charge >= 0.3 is 6.03 Å². The second-order valence-electron chi connectivity index (χ2n) is 7.11. The lowest BCUT2D eigenvalue weighted by atomic mass is 10.2. The minimum absolute atomic E-state index is 0.0373. The molecule has 142 valence electrons. The molecule has 0 bridgehead atoms. The SMILES string of the molecule is O=C(CSc1nc2ccccc2c(=O)n1C1CC1)NC(=O)NC1CCCC1. The molecule has 27 heavy (non-hydrogen) atoms. The molecule has 1 aromatic heterocycles. The first-order valence-corrected chi connectivity index (χ1v) is 10.3. The summed E-state index contributed by atoms with van der Waals surface area (Å²) in [5, 5.41) is 6.32. The van der Waals surface area contributed by atoms with Gasteiger partial charge in [-0.25, -0.2) is 9.78 Å². The highest BCUT2D eigenvalue weighted by molar-refractivity contribution is 7.99. The monoisotopic (exact) mass is 386 g/mol. The quantitative estimate of drug-likeness (QED) is 0.609. The lowest BCUT2D eigenvalue weighted by Gasteiger charge is -2.13. The van der Waals surface area contributed by atoms with Gasteiger partial charge in [-0.3, -0.25) is 19.5 Å². The number of carbonyl (C=O) groups is 2. The molecule has 2 N–H and O–H groups in total. The summed E-state index contributed by atoms with van der Waals surface area (Å²) in [5.41, 5.74) is 0.561. The standard InChI is InChI=1S/C19H22N4O3S/c24-16(22-18(26)20-12-5-1-2-6-12)11-27-19-21-15-8-4-3-7-14(15)17(25)23(19)13-9-10-13/h3-4,7-8,12-13H,1-2,5-6,9-11H2,(H2,20,22,24,26). The molecule has 1 aromatic carbocycles. The number of carbonyl (C=O) groups excluding carboxylic acids is 2. The number of fused-ring (bicyclic) bond motifs is 1. The van der Waals surface area contributed by atoms with Crippen molar-refractivity contribution in [1.82, 2.24) is 20.2 Å². The molecule has 2 aliphatic carbocycles. The maximum atomic E-state index is 12.8. The van der Waals surface area contributed by atoms with Gasteiger partial charge in [-0.05, 0) is 37.8 Å². The Morgan fingerprint density at radius 1 is 1.15 bits per heavy atom. The third kappa shape index (κ3) is 4.16. The largest absolute Gasteiger partial charge is 0.335 e. The van der Waals surface area contributed by atoms with Crippen LogP contribution in [-0.2, 0) is 4.79 Å². The Morgan fingerprint density at radius 2 is 1.89 bits per heavy atom. The molecule has 2 fully saturated rings. The first-order chi connectivity index (χ1) is 13.1. The number of para-hydroxylation sites is 1. The van der Waals surface area contributed by atoms with Gasteiger partial charge in [-0.2, -0.15) is 0 Å². The number of rotatable bonds is 5. The number of thioether (sulfide) groups is 1. The van der Waals surface area contributed by atoms with Gasteiger partial charge in [-0.15, -0.1) is 0 Å². The smallest absolute Gasteiger partial charge is 0.321 e. The number of urea groups is 1. The predicted octanol–water partition coefficient (Wildman–Crippen LogP) is 2.59. The maximum Gasteiger partial charge on any atom is 0.321 e. The summed E-state index contributed by atoms with van der Waals surface area (Å²) in [6.45, 7) is 0. The van der Waals surface area contributed by atoms with Crippen LogP contribution < -0.4 is 16.2 Å². The summed E-state index contributed by atoms with van der Waals surface area (Å²) >= 11 is 1.20. The number of aromatic nitrogens is 2. The van der Waals surface area contributed by atoms with Crippen molar-refractivity contribution in [3.05, 3.63) is 34.6 Å². The molecule has 0 saturated heterocycles. The van der Waals surface area contributed by atoms with Crippen LogP contribution in [0.4, 0.5) is 4.79 Å². The van der Waals surface area contributed by atoms with Crippen LogP contribution in [0.15, 0.2) is 34.2 Å². The number of hydrogen-bond donors (Lipinski definition) is 2. The molecule has 0 radical (unpaired) electrons. The molecule has 3 amide bonds. The van der Waals surface area contributed by atoms with E-state index in [1.54, 1.807) is 16.7 Å². The van der Waals surface area contributed by atoms with Gasteiger partial charge in [0, 0.05) is 12.1 Å². The molecule has 7 nitrogen and oxygen atoms in total. The van der Waals surface area contributed by atoms with E-state index in [9.17, 15) is 14.4 Å². The Hall–Kier alpha value is -2.35. The molecule has 8 heteroatoms. The van der Waals surface area contributed by atoms with Crippen molar-refractivity contribution in [2.45, 2.75) is 55.8 Å². The molecular weight excluding hydrogens is 364 g/mol. The molecule has 0 unspecified atom stereocenters. The highest BCUT2D eigenvalue weighted by Gasteiger charge is 2.29. The Morgan fingerprint density at radius 3 is 2.63 bits per heavy atom. The molecule has 0 aliphatic heterocycles. The maximum absolute atomic E-state index is 12.8. The Balaban J connectivity index is 1.43. The second kappa shape index (κ2) is 7.72. The van der Waals surface area contributed by atoms with Crippen LogP contribution >= 0.6 is 11.8 Å². The van der Waals surface area contributed by atoms with Crippen LogP contribution in [0.5, 0.6) is 0 Å². The molecule has 2 aromatic rings. The zero-order valence-electron chi connectivity index (χ0n) is 14.9. The van der Waals surface area contributed by atoms with Gasteiger partial charge in [0.25, 0.3) is 5.56 Å². The molecule has 2 saturated carbocycles. The van der Waals surface area contributed by atoms with Crippen LogP contribution in [-0.4, -0.2) is 33.3 Å². The van der Waals surface area contributed by atoms with E-state index in [0.717, 1.165) is 38.5 Å². The molecule has 0 atom stereocenters. The van der Waals surface area contributed by atoms with E-state index < -0.39 is 6.03 Å². The molecule has 4 rings (SSSR count). The van der Waals surface area contributed by atoms with Crippen molar-refractivity contribution >= 4 is 34.6 Å². The summed E-state index contributed by atoms with van der Waals surface area (Å²) in [6.07, 6.45) is 6.05. The van der Waals surface area contributed by atoms with E-state index in [4.69, 9.17) is 0 Å². The van der Waals surface area contributed by atoms with Crippen molar-refractivity contribution < 1.29 is 9.59 Å². The lowest BCUT2D eigenvalue weighted by Crippen LogP contribution is -2.44. The normalized spacial score (nSPS) is 17.2. The third-order valence-corrected chi connectivity index (χ3v) is 5.92. The molecule has 1 heterocycles. The van der Waals surface area contributed by atoms with E-state index in [-0.39, 0.29) is 29.3 Å². The lowest BCUT2D eigenvalue weighted by molar-refractivity contribution is -0.117. The Kier molecular flexibility index (Phi) is 5.15. The average Bonchev–Trinajstić information content (AvgIpc) is 3.36. The number of nitrogens with one attached hydrogen (secondary N) is 2. The summed E-state index contributed by atoms with van der Waals surface area (Å²) in [6, 6.07) is 7.11. The summed E-state index contributed by atoms with van der Waals surface area (Å²) in [5.74, 6) is -0.351. The van der Waals surface area contributed by atoms with E-state index in [1.165, 1.54) is 11.8 Å². The van der Waals surface area contributed by atoms with E-state index in [2.05, 4.69) is 15.6 Å². The van der Waals surface area contributed by atoms with Crippen molar-refractivity contribution in [3.63, 3.8) is 0 Å². The van der Waals surface area contributed by atoms with Gasteiger partial charge in [0.05, 0.1) is 16.7 Å². The fraction of sp³-hybridized carbons (Fsp3) is 0.474. The Bertz CT molecular complexity index is 932. The van der Waals surface area contributed by atoms with E-state index >= 15 is 0 Å². The van der Waals surface area contributed by atoms with Crippen molar-refractivity contribution in [1.29, 1.82) is 0 Å². The molecule has 0 spiro atoms. The highest BCUT2D eigenvalue weighted by atomic mass is 32.2. The fourth-order valence-corrected chi connectivity index (χ4v) is 4.33. The van der Waals surface area contributed by atoms with Crippen molar-refractivity contribution in [3.8, 4) is 0 Å². The van der Waals surface area contributed by atoms with Crippen LogP contribution in [0.2, 0.25) is 0 Å². The minimum atomic E-state index is -0.446. The summed E-state index contributed by atoms with van der Waals surface area (Å²) in [4.78, 5) is 41.4.